The second-order valence-electron chi connectivity index (χ2n) is 7.45. The van der Waals surface area contributed by atoms with Crippen LogP contribution in [0.15, 0.2) is 36.4 Å². The highest BCUT2D eigenvalue weighted by molar-refractivity contribution is 5.94. The van der Waals surface area contributed by atoms with Gasteiger partial charge in [-0.3, -0.25) is 4.79 Å². The van der Waals surface area contributed by atoms with Gasteiger partial charge in [0.25, 0.3) is 0 Å². The molecular formula is C22H22F2N2O2. The zero-order valence-corrected chi connectivity index (χ0v) is 15.6. The van der Waals surface area contributed by atoms with Crippen LogP contribution in [0.3, 0.4) is 0 Å². The number of fused-ring (bicyclic) bond motifs is 1. The molecule has 0 radical (unpaired) electrons. The molecule has 1 saturated carbocycles. The van der Waals surface area contributed by atoms with Gasteiger partial charge in [-0.15, -0.1) is 0 Å². The van der Waals surface area contributed by atoms with E-state index in [-0.39, 0.29) is 42.5 Å². The van der Waals surface area contributed by atoms with Crippen molar-refractivity contribution in [2.45, 2.75) is 25.7 Å². The number of amides is 1. The maximum absolute atomic E-state index is 14.1. The van der Waals surface area contributed by atoms with Crippen molar-refractivity contribution in [3.8, 4) is 11.3 Å². The first-order chi connectivity index (χ1) is 13.5. The fraction of sp³-hybridized carbons (Fsp3) is 0.318. The number of hydrogen-bond donors (Lipinski definition) is 3. The van der Waals surface area contributed by atoms with E-state index in [1.54, 1.807) is 12.1 Å². The Kier molecular flexibility index (Phi) is 4.89. The number of aryl methyl sites for hydroxylation is 1. The van der Waals surface area contributed by atoms with Crippen molar-refractivity contribution in [3.05, 3.63) is 59.2 Å². The molecule has 4 nitrogen and oxygen atoms in total. The SMILES string of the molecule is Cc1cc(F)cc2c1[nH]c(-c1ccc(F)cc1)c2[C@H]1C[C@H](C(=O)NCCO)C1. The zero-order valence-electron chi connectivity index (χ0n) is 15.6. The molecule has 28 heavy (non-hydrogen) atoms. The number of halogens is 2. The van der Waals surface area contributed by atoms with E-state index in [1.165, 1.54) is 24.3 Å². The highest BCUT2D eigenvalue weighted by atomic mass is 19.1. The fourth-order valence-electron chi connectivity index (χ4n) is 4.11. The van der Waals surface area contributed by atoms with E-state index >= 15 is 0 Å². The first-order valence-electron chi connectivity index (χ1n) is 9.44. The third-order valence-electron chi connectivity index (χ3n) is 5.57. The van der Waals surface area contributed by atoms with E-state index in [0.717, 1.165) is 33.3 Å². The highest BCUT2D eigenvalue weighted by Crippen LogP contribution is 2.48. The van der Waals surface area contributed by atoms with Crippen LogP contribution in [0.2, 0.25) is 0 Å². The molecule has 0 bridgehead atoms. The van der Waals surface area contributed by atoms with Crippen molar-refractivity contribution in [1.82, 2.24) is 10.3 Å². The average molecular weight is 384 g/mol. The molecule has 0 unspecified atom stereocenters. The van der Waals surface area contributed by atoms with Crippen molar-refractivity contribution in [2.75, 3.05) is 13.2 Å². The number of nitrogens with one attached hydrogen (secondary N) is 2. The summed E-state index contributed by atoms with van der Waals surface area (Å²) in [6.07, 6.45) is 1.32. The van der Waals surface area contributed by atoms with E-state index in [9.17, 15) is 13.6 Å². The second kappa shape index (κ2) is 7.36. The number of benzene rings is 2. The summed E-state index contributed by atoms with van der Waals surface area (Å²) >= 11 is 0. The summed E-state index contributed by atoms with van der Waals surface area (Å²) in [6.45, 7) is 2.02. The van der Waals surface area contributed by atoms with E-state index in [0.29, 0.717) is 12.8 Å². The van der Waals surface area contributed by atoms with Crippen molar-refractivity contribution >= 4 is 16.8 Å². The quantitative estimate of drug-likeness (QED) is 0.622. The molecule has 1 heterocycles. The Morgan fingerprint density at radius 3 is 2.57 bits per heavy atom. The van der Waals surface area contributed by atoms with Crippen LogP contribution in [0.25, 0.3) is 22.2 Å². The van der Waals surface area contributed by atoms with Crippen molar-refractivity contribution in [3.63, 3.8) is 0 Å². The van der Waals surface area contributed by atoms with Crippen LogP contribution in [0.5, 0.6) is 0 Å². The van der Waals surface area contributed by atoms with Crippen LogP contribution in [0.4, 0.5) is 8.78 Å². The van der Waals surface area contributed by atoms with Gasteiger partial charge in [0.1, 0.15) is 11.6 Å². The Morgan fingerprint density at radius 1 is 1.18 bits per heavy atom. The van der Waals surface area contributed by atoms with E-state index in [2.05, 4.69) is 10.3 Å². The third kappa shape index (κ3) is 3.29. The van der Waals surface area contributed by atoms with Crippen LogP contribution in [0, 0.1) is 24.5 Å². The lowest BCUT2D eigenvalue weighted by atomic mass is 9.70. The summed E-state index contributed by atoms with van der Waals surface area (Å²) in [7, 11) is 0. The van der Waals surface area contributed by atoms with E-state index in [1.807, 2.05) is 6.92 Å². The number of aliphatic hydroxyl groups excluding tert-OH is 1. The van der Waals surface area contributed by atoms with Crippen LogP contribution in [-0.4, -0.2) is 29.1 Å². The molecule has 1 amide bonds. The molecule has 3 aromatic rings. The molecule has 3 N–H and O–H groups in total. The Hall–Kier alpha value is -2.73. The maximum Gasteiger partial charge on any atom is 0.223 e. The fourth-order valence-corrected chi connectivity index (χ4v) is 4.11. The van der Waals surface area contributed by atoms with Gasteiger partial charge in [-0.25, -0.2) is 8.78 Å². The molecule has 0 spiro atoms. The van der Waals surface area contributed by atoms with Crippen LogP contribution >= 0.6 is 0 Å². The van der Waals surface area contributed by atoms with Gasteiger partial charge in [0.05, 0.1) is 6.61 Å². The molecule has 6 heteroatoms. The third-order valence-corrected chi connectivity index (χ3v) is 5.57. The number of aromatic amines is 1. The Labute approximate surface area is 161 Å². The topological polar surface area (TPSA) is 65.1 Å². The summed E-state index contributed by atoms with van der Waals surface area (Å²) in [4.78, 5) is 15.5. The minimum Gasteiger partial charge on any atom is -0.395 e. The molecule has 1 aromatic heterocycles. The summed E-state index contributed by atoms with van der Waals surface area (Å²) in [6, 6.07) is 9.25. The molecule has 146 valence electrons. The van der Waals surface area contributed by atoms with Crippen LogP contribution < -0.4 is 5.32 Å². The molecular weight excluding hydrogens is 362 g/mol. The second-order valence-corrected chi connectivity index (χ2v) is 7.45. The monoisotopic (exact) mass is 384 g/mol. The standard InChI is InChI=1S/C22H22F2N2O2/c1-12-8-17(24)11-18-19(14-9-15(10-14)22(28)25-6-7-27)21(26-20(12)18)13-2-4-16(23)5-3-13/h2-5,8,11,14-15,26-27H,6-7,9-10H2,1H3,(H,25,28)/t14-,15-. The van der Waals surface area contributed by atoms with Crippen LogP contribution in [0.1, 0.15) is 29.9 Å². The van der Waals surface area contributed by atoms with Gasteiger partial charge in [0, 0.05) is 29.1 Å². The molecule has 4 rings (SSSR count). The molecule has 0 saturated heterocycles. The molecule has 1 aliphatic carbocycles. The molecule has 2 aromatic carbocycles. The molecule has 1 aliphatic rings. The van der Waals surface area contributed by atoms with Crippen molar-refractivity contribution in [2.24, 2.45) is 5.92 Å². The molecule has 0 aliphatic heterocycles. The Balaban J connectivity index is 1.73. The lowest BCUT2D eigenvalue weighted by Gasteiger charge is -2.35. The molecule has 1 fully saturated rings. The lowest BCUT2D eigenvalue weighted by molar-refractivity contribution is -0.128. The van der Waals surface area contributed by atoms with Crippen LogP contribution in [-0.2, 0) is 4.79 Å². The largest absolute Gasteiger partial charge is 0.395 e. The smallest absolute Gasteiger partial charge is 0.223 e. The van der Waals surface area contributed by atoms with Gasteiger partial charge in [-0.05, 0) is 78.8 Å². The lowest BCUT2D eigenvalue weighted by Crippen LogP contribution is -2.39. The van der Waals surface area contributed by atoms with Crippen molar-refractivity contribution in [1.29, 1.82) is 0 Å². The number of carbonyl (C=O) groups excluding carboxylic acids is 1. The first kappa shape index (κ1) is 18.6. The predicted octanol–water partition coefficient (Wildman–Crippen LogP) is 4.02. The summed E-state index contributed by atoms with van der Waals surface area (Å²) < 4.78 is 27.5. The van der Waals surface area contributed by atoms with Gasteiger partial charge in [0.2, 0.25) is 5.91 Å². The number of hydrogen-bond acceptors (Lipinski definition) is 2. The zero-order chi connectivity index (χ0) is 19.8. The predicted molar refractivity (Wildman–Crippen MR) is 104 cm³/mol. The average Bonchev–Trinajstić information content (AvgIpc) is 2.99. The van der Waals surface area contributed by atoms with E-state index in [4.69, 9.17) is 5.11 Å². The number of aliphatic hydroxyl groups is 1. The van der Waals surface area contributed by atoms with Crippen molar-refractivity contribution < 1.29 is 18.7 Å². The minimum absolute atomic E-state index is 0.0594. The minimum atomic E-state index is -0.312. The number of H-pyrrole nitrogens is 1. The highest BCUT2D eigenvalue weighted by Gasteiger charge is 2.38. The van der Waals surface area contributed by atoms with Gasteiger partial charge in [-0.1, -0.05) is 0 Å². The number of aromatic nitrogens is 1. The Bertz CT molecular complexity index is 1020. The van der Waals surface area contributed by atoms with Gasteiger partial charge >= 0.3 is 0 Å². The maximum atomic E-state index is 14.1. The first-order valence-corrected chi connectivity index (χ1v) is 9.44. The van der Waals surface area contributed by atoms with E-state index < -0.39 is 0 Å². The van der Waals surface area contributed by atoms with Gasteiger partial charge in [-0.2, -0.15) is 0 Å². The normalized spacial score (nSPS) is 18.9. The summed E-state index contributed by atoms with van der Waals surface area (Å²) in [5.74, 6) is -0.673. The van der Waals surface area contributed by atoms with Gasteiger partial charge < -0.3 is 15.4 Å². The summed E-state index contributed by atoms with van der Waals surface area (Å²) in [5, 5.41) is 12.4. The number of carbonyl (C=O) groups is 1. The number of rotatable bonds is 5. The molecule has 0 atom stereocenters. The summed E-state index contributed by atoms with van der Waals surface area (Å²) in [5.41, 5.74) is 4.34. The van der Waals surface area contributed by atoms with Gasteiger partial charge in [0.15, 0.2) is 0 Å². The Morgan fingerprint density at radius 2 is 1.89 bits per heavy atom.